The number of rotatable bonds is 3. The van der Waals surface area contributed by atoms with Crippen molar-refractivity contribution in [1.82, 2.24) is 9.29 Å². The topological polar surface area (TPSA) is 50.3 Å². The predicted molar refractivity (Wildman–Crippen MR) is 61.7 cm³/mol. The maximum Gasteiger partial charge on any atom is 0.244 e. The van der Waals surface area contributed by atoms with Crippen molar-refractivity contribution in [2.75, 3.05) is 13.1 Å². The van der Waals surface area contributed by atoms with Crippen LogP contribution >= 0.6 is 0 Å². The highest BCUT2D eigenvalue weighted by atomic mass is 32.2. The molecule has 0 saturated carbocycles. The molecule has 2 heterocycles. The molecule has 0 amide bonds. The minimum Gasteiger partial charge on any atom is -0.260 e. The minimum absolute atomic E-state index is 0.302. The van der Waals surface area contributed by atoms with Gasteiger partial charge in [0, 0.05) is 25.0 Å². The molecular weight excluding hydrogens is 224 g/mol. The second-order valence-electron chi connectivity index (χ2n) is 4.33. The van der Waals surface area contributed by atoms with Gasteiger partial charge in [0.05, 0.1) is 0 Å². The lowest BCUT2D eigenvalue weighted by atomic mass is 10.1. The van der Waals surface area contributed by atoms with Crippen molar-refractivity contribution in [3.8, 4) is 0 Å². The van der Waals surface area contributed by atoms with Crippen molar-refractivity contribution in [2.24, 2.45) is 0 Å². The van der Waals surface area contributed by atoms with Crippen molar-refractivity contribution in [3.05, 3.63) is 24.0 Å². The Labute approximate surface area is 96.4 Å². The van der Waals surface area contributed by atoms with E-state index in [1.165, 1.54) is 10.5 Å². The van der Waals surface area contributed by atoms with Gasteiger partial charge in [0.2, 0.25) is 10.0 Å². The number of nitrogens with zero attached hydrogens (tertiary/aromatic N) is 2. The zero-order valence-electron chi connectivity index (χ0n) is 9.55. The van der Waals surface area contributed by atoms with Crippen molar-refractivity contribution >= 4 is 10.0 Å². The monoisotopic (exact) mass is 240 g/mol. The normalized spacial score (nSPS) is 17.4. The Kier molecular flexibility index (Phi) is 2.99. The van der Waals surface area contributed by atoms with Gasteiger partial charge in [-0.3, -0.25) is 4.98 Å². The molecule has 1 aliphatic heterocycles. The smallest absolute Gasteiger partial charge is 0.244 e. The van der Waals surface area contributed by atoms with Crippen molar-refractivity contribution < 1.29 is 8.42 Å². The van der Waals surface area contributed by atoms with Gasteiger partial charge in [0.25, 0.3) is 0 Å². The van der Waals surface area contributed by atoms with Crippen LogP contribution in [0.3, 0.4) is 0 Å². The summed E-state index contributed by atoms with van der Waals surface area (Å²) in [5, 5.41) is 0. The molecule has 1 aromatic heterocycles. The third-order valence-corrected chi connectivity index (χ3v) is 4.69. The van der Waals surface area contributed by atoms with Crippen LogP contribution in [0.25, 0.3) is 0 Å². The van der Waals surface area contributed by atoms with Crippen LogP contribution in [0.1, 0.15) is 31.9 Å². The SMILES string of the molecule is CC(C)c1ccc(S(=O)(=O)N2CCC2)cn1. The van der Waals surface area contributed by atoms with Crippen molar-refractivity contribution in [1.29, 1.82) is 0 Å². The lowest BCUT2D eigenvalue weighted by Crippen LogP contribution is -2.41. The van der Waals surface area contributed by atoms with E-state index in [1.54, 1.807) is 12.1 Å². The predicted octanol–water partition coefficient (Wildman–Crippen LogP) is 1.60. The Hall–Kier alpha value is -0.940. The third kappa shape index (κ3) is 1.97. The van der Waals surface area contributed by atoms with Gasteiger partial charge in [0.1, 0.15) is 4.90 Å². The van der Waals surface area contributed by atoms with Gasteiger partial charge >= 0.3 is 0 Å². The molecule has 0 aromatic carbocycles. The molecule has 0 bridgehead atoms. The average Bonchev–Trinajstić information content (AvgIpc) is 2.14. The van der Waals surface area contributed by atoms with Crippen LogP contribution in [0.5, 0.6) is 0 Å². The first kappa shape index (κ1) is 11.5. The molecule has 0 radical (unpaired) electrons. The largest absolute Gasteiger partial charge is 0.260 e. The van der Waals surface area contributed by atoms with Crippen LogP contribution in [0.2, 0.25) is 0 Å². The first-order valence-electron chi connectivity index (χ1n) is 5.48. The van der Waals surface area contributed by atoms with E-state index in [0.29, 0.717) is 23.9 Å². The molecule has 2 rings (SSSR count). The Morgan fingerprint density at radius 3 is 2.38 bits per heavy atom. The molecule has 1 aromatic rings. The molecule has 1 saturated heterocycles. The number of sulfonamides is 1. The second-order valence-corrected chi connectivity index (χ2v) is 6.27. The van der Waals surface area contributed by atoms with E-state index in [-0.39, 0.29) is 0 Å². The molecule has 1 fully saturated rings. The molecule has 0 atom stereocenters. The van der Waals surface area contributed by atoms with Gasteiger partial charge in [0.15, 0.2) is 0 Å². The van der Waals surface area contributed by atoms with Crippen LogP contribution in [0.4, 0.5) is 0 Å². The van der Waals surface area contributed by atoms with Crippen LogP contribution in [-0.2, 0) is 10.0 Å². The molecule has 1 aliphatic rings. The van der Waals surface area contributed by atoms with Gasteiger partial charge in [-0.25, -0.2) is 8.42 Å². The number of pyridine rings is 1. The Morgan fingerprint density at radius 1 is 1.31 bits per heavy atom. The molecule has 4 nitrogen and oxygen atoms in total. The van der Waals surface area contributed by atoms with Gasteiger partial charge < -0.3 is 0 Å². The van der Waals surface area contributed by atoms with Crippen LogP contribution in [0, 0.1) is 0 Å². The van der Waals surface area contributed by atoms with Crippen LogP contribution in [-0.4, -0.2) is 30.8 Å². The van der Waals surface area contributed by atoms with Gasteiger partial charge in [-0.15, -0.1) is 0 Å². The highest BCUT2D eigenvalue weighted by molar-refractivity contribution is 7.89. The van der Waals surface area contributed by atoms with E-state index in [9.17, 15) is 8.42 Å². The van der Waals surface area contributed by atoms with E-state index in [2.05, 4.69) is 4.98 Å². The zero-order chi connectivity index (χ0) is 11.8. The number of hydrogen-bond donors (Lipinski definition) is 0. The Bertz CT molecular complexity index is 461. The Balaban J connectivity index is 2.27. The number of hydrogen-bond acceptors (Lipinski definition) is 3. The lowest BCUT2D eigenvalue weighted by molar-refractivity contribution is 0.309. The quantitative estimate of drug-likeness (QED) is 0.806. The van der Waals surface area contributed by atoms with Crippen molar-refractivity contribution in [2.45, 2.75) is 31.1 Å². The maximum absolute atomic E-state index is 12.0. The Morgan fingerprint density at radius 2 is 2.00 bits per heavy atom. The fourth-order valence-electron chi connectivity index (χ4n) is 1.56. The molecule has 88 valence electrons. The summed E-state index contributed by atoms with van der Waals surface area (Å²) in [4.78, 5) is 4.48. The van der Waals surface area contributed by atoms with E-state index in [0.717, 1.165) is 12.1 Å². The van der Waals surface area contributed by atoms with Gasteiger partial charge in [-0.1, -0.05) is 13.8 Å². The van der Waals surface area contributed by atoms with E-state index in [4.69, 9.17) is 0 Å². The average molecular weight is 240 g/mol. The second kappa shape index (κ2) is 4.14. The summed E-state index contributed by atoms with van der Waals surface area (Å²) < 4.78 is 25.4. The standard InChI is InChI=1S/C11H16N2O2S/c1-9(2)11-5-4-10(8-12-11)16(14,15)13-6-3-7-13/h4-5,8-9H,3,6-7H2,1-2H3. The first-order valence-corrected chi connectivity index (χ1v) is 6.92. The zero-order valence-corrected chi connectivity index (χ0v) is 10.4. The molecule has 5 heteroatoms. The summed E-state index contributed by atoms with van der Waals surface area (Å²) in [5.41, 5.74) is 0.919. The van der Waals surface area contributed by atoms with E-state index < -0.39 is 10.0 Å². The summed E-state index contributed by atoms with van der Waals surface area (Å²) in [7, 11) is -3.27. The van der Waals surface area contributed by atoms with Crippen LogP contribution in [0.15, 0.2) is 23.2 Å². The highest BCUT2D eigenvalue weighted by Gasteiger charge is 2.29. The molecule has 0 unspecified atom stereocenters. The summed E-state index contributed by atoms with van der Waals surface area (Å²) in [6.45, 7) is 5.33. The summed E-state index contributed by atoms with van der Waals surface area (Å²) in [6.07, 6.45) is 2.42. The molecular formula is C11H16N2O2S. The summed E-state index contributed by atoms with van der Waals surface area (Å²) in [5.74, 6) is 0.320. The fraction of sp³-hybridized carbons (Fsp3) is 0.545. The molecule has 16 heavy (non-hydrogen) atoms. The molecule has 0 spiro atoms. The highest BCUT2D eigenvalue weighted by Crippen LogP contribution is 2.21. The molecule has 0 N–H and O–H groups in total. The first-order chi connectivity index (χ1) is 7.51. The van der Waals surface area contributed by atoms with Crippen LogP contribution < -0.4 is 0 Å². The number of aromatic nitrogens is 1. The summed E-state index contributed by atoms with van der Waals surface area (Å²) >= 11 is 0. The lowest BCUT2D eigenvalue weighted by Gasteiger charge is -2.29. The van der Waals surface area contributed by atoms with E-state index in [1.807, 2.05) is 13.8 Å². The minimum atomic E-state index is -3.27. The fourth-order valence-corrected chi connectivity index (χ4v) is 3.03. The third-order valence-electron chi connectivity index (χ3n) is 2.80. The van der Waals surface area contributed by atoms with Gasteiger partial charge in [-0.2, -0.15) is 4.31 Å². The summed E-state index contributed by atoms with van der Waals surface area (Å²) in [6, 6.07) is 3.44. The van der Waals surface area contributed by atoms with Crippen molar-refractivity contribution in [3.63, 3.8) is 0 Å². The molecule has 0 aliphatic carbocycles. The van der Waals surface area contributed by atoms with Gasteiger partial charge in [-0.05, 0) is 24.5 Å². The maximum atomic E-state index is 12.0. The van der Waals surface area contributed by atoms with E-state index >= 15 is 0 Å².